The number of benzene rings is 1. The molecule has 2 N–H and O–H groups in total. The van der Waals surface area contributed by atoms with Crippen LogP contribution >= 0.6 is 0 Å². The zero-order valence-corrected chi connectivity index (χ0v) is 19.0. The second-order valence-electron chi connectivity index (χ2n) is 7.72. The molecule has 0 heterocycles. The molecule has 0 spiro atoms. The summed E-state index contributed by atoms with van der Waals surface area (Å²) in [5.74, 6) is 2.72. The van der Waals surface area contributed by atoms with E-state index in [4.69, 9.17) is 9.47 Å². The summed E-state index contributed by atoms with van der Waals surface area (Å²) >= 11 is 0. The van der Waals surface area contributed by atoms with Gasteiger partial charge in [-0.1, -0.05) is 25.3 Å². The van der Waals surface area contributed by atoms with Crippen LogP contribution in [0.15, 0.2) is 23.2 Å². The fraction of sp³-hybridized carbons (Fsp3) is 0.652. The number of methoxy groups -OCH3 is 2. The lowest BCUT2D eigenvalue weighted by molar-refractivity contribution is -0.125. The predicted molar refractivity (Wildman–Crippen MR) is 121 cm³/mol. The van der Waals surface area contributed by atoms with Gasteiger partial charge >= 0.3 is 0 Å². The fourth-order valence-corrected chi connectivity index (χ4v) is 3.76. The highest BCUT2D eigenvalue weighted by Crippen LogP contribution is 2.27. The minimum absolute atomic E-state index is 0.191. The number of guanidine groups is 1. The molecule has 1 saturated carbocycles. The number of nitrogens with zero attached hydrogens (tertiary/aromatic N) is 2. The maximum Gasteiger partial charge on any atom is 0.223 e. The summed E-state index contributed by atoms with van der Waals surface area (Å²) in [5, 5.41) is 6.38. The predicted octanol–water partition coefficient (Wildman–Crippen LogP) is 2.84. The Bertz CT molecular complexity index is 687. The lowest BCUT2D eigenvalue weighted by atomic mass is 9.89. The molecule has 7 heteroatoms. The number of nitrogens with one attached hydrogen (secondary N) is 2. The third-order valence-corrected chi connectivity index (χ3v) is 5.53. The lowest BCUT2D eigenvalue weighted by Gasteiger charge is -2.23. The molecule has 30 heavy (non-hydrogen) atoms. The Balaban J connectivity index is 1.82. The van der Waals surface area contributed by atoms with Crippen molar-refractivity contribution in [1.82, 2.24) is 15.5 Å². The molecular formula is C23H38N4O3. The molecule has 0 bridgehead atoms. The number of hydrogen-bond donors (Lipinski definition) is 2. The summed E-state index contributed by atoms with van der Waals surface area (Å²) in [4.78, 5) is 19.0. The number of amides is 1. The van der Waals surface area contributed by atoms with Gasteiger partial charge in [-0.15, -0.1) is 0 Å². The first-order chi connectivity index (χ1) is 14.6. The van der Waals surface area contributed by atoms with Crippen molar-refractivity contribution in [2.75, 3.05) is 47.4 Å². The molecule has 1 aliphatic rings. The molecule has 2 rings (SSSR count). The summed E-state index contributed by atoms with van der Waals surface area (Å²) in [5.41, 5.74) is 1.18. The normalized spacial score (nSPS) is 14.9. The molecule has 0 atom stereocenters. The summed E-state index contributed by atoms with van der Waals surface area (Å²) in [6.45, 7) is 4.82. The molecule has 0 saturated heterocycles. The van der Waals surface area contributed by atoms with Crippen molar-refractivity contribution < 1.29 is 14.3 Å². The van der Waals surface area contributed by atoms with Gasteiger partial charge in [-0.3, -0.25) is 9.79 Å². The van der Waals surface area contributed by atoms with Gasteiger partial charge in [-0.05, 0) is 43.9 Å². The van der Waals surface area contributed by atoms with Crippen LogP contribution in [0, 0.1) is 5.92 Å². The van der Waals surface area contributed by atoms with Crippen LogP contribution in [0.1, 0.15) is 44.6 Å². The van der Waals surface area contributed by atoms with Gasteiger partial charge in [0.15, 0.2) is 17.5 Å². The van der Waals surface area contributed by atoms with E-state index in [0.717, 1.165) is 49.8 Å². The Morgan fingerprint density at radius 1 is 1.13 bits per heavy atom. The van der Waals surface area contributed by atoms with E-state index in [-0.39, 0.29) is 11.8 Å². The maximum absolute atomic E-state index is 12.3. The van der Waals surface area contributed by atoms with Gasteiger partial charge in [-0.25, -0.2) is 0 Å². The van der Waals surface area contributed by atoms with E-state index < -0.39 is 0 Å². The van der Waals surface area contributed by atoms with E-state index in [1.165, 1.54) is 24.8 Å². The molecule has 168 valence electrons. The lowest BCUT2D eigenvalue weighted by Crippen LogP contribution is -2.40. The van der Waals surface area contributed by atoms with Crippen LogP contribution in [-0.4, -0.2) is 64.2 Å². The van der Waals surface area contributed by atoms with Crippen molar-refractivity contribution >= 4 is 11.9 Å². The van der Waals surface area contributed by atoms with Crippen molar-refractivity contribution in [3.05, 3.63) is 23.8 Å². The summed E-state index contributed by atoms with van der Waals surface area (Å²) < 4.78 is 10.7. The second kappa shape index (κ2) is 13.0. The van der Waals surface area contributed by atoms with Crippen LogP contribution in [0.5, 0.6) is 11.5 Å². The second-order valence-corrected chi connectivity index (χ2v) is 7.72. The van der Waals surface area contributed by atoms with Crippen molar-refractivity contribution in [1.29, 1.82) is 0 Å². The van der Waals surface area contributed by atoms with Crippen LogP contribution < -0.4 is 20.1 Å². The van der Waals surface area contributed by atoms with E-state index in [9.17, 15) is 4.79 Å². The van der Waals surface area contributed by atoms with Crippen molar-refractivity contribution in [2.45, 2.75) is 45.4 Å². The summed E-state index contributed by atoms with van der Waals surface area (Å²) in [7, 11) is 5.32. The van der Waals surface area contributed by atoms with Gasteiger partial charge in [0.2, 0.25) is 5.91 Å². The first-order valence-electron chi connectivity index (χ1n) is 11.1. The first-order valence-corrected chi connectivity index (χ1v) is 11.1. The molecule has 1 aromatic rings. The Hall–Kier alpha value is -2.44. The van der Waals surface area contributed by atoms with Crippen molar-refractivity contribution in [3.63, 3.8) is 0 Å². The third-order valence-electron chi connectivity index (χ3n) is 5.53. The van der Waals surface area contributed by atoms with Gasteiger partial charge in [0.1, 0.15) is 0 Å². The van der Waals surface area contributed by atoms with Gasteiger partial charge in [0.05, 0.1) is 20.8 Å². The van der Waals surface area contributed by atoms with Crippen LogP contribution in [0.25, 0.3) is 0 Å². The van der Waals surface area contributed by atoms with E-state index in [1.54, 1.807) is 14.2 Å². The molecule has 0 unspecified atom stereocenters. The Labute approximate surface area is 181 Å². The number of aliphatic imine (C=N–C) groups is 1. The first kappa shape index (κ1) is 23.8. The molecule has 0 aromatic heterocycles. The van der Waals surface area contributed by atoms with Gasteiger partial charge in [0.25, 0.3) is 0 Å². The molecule has 7 nitrogen and oxygen atoms in total. The third kappa shape index (κ3) is 7.43. The number of carbonyl (C=O) groups excluding carboxylic acids is 1. The van der Waals surface area contributed by atoms with Crippen LogP contribution in [0.4, 0.5) is 0 Å². The smallest absolute Gasteiger partial charge is 0.223 e. The number of carbonyl (C=O) groups is 1. The highest BCUT2D eigenvalue weighted by atomic mass is 16.5. The van der Waals surface area contributed by atoms with Crippen LogP contribution in [-0.2, 0) is 11.2 Å². The van der Waals surface area contributed by atoms with E-state index >= 15 is 0 Å². The quantitative estimate of drug-likeness (QED) is 0.347. The topological polar surface area (TPSA) is 75.2 Å². The molecule has 1 amide bonds. The maximum atomic E-state index is 12.3. The average Bonchev–Trinajstić information content (AvgIpc) is 2.79. The van der Waals surface area contributed by atoms with E-state index in [1.807, 2.05) is 19.2 Å². The highest BCUT2D eigenvalue weighted by Gasteiger charge is 2.20. The largest absolute Gasteiger partial charge is 0.493 e. The van der Waals surface area contributed by atoms with E-state index in [0.29, 0.717) is 13.1 Å². The zero-order chi connectivity index (χ0) is 21.8. The zero-order valence-electron chi connectivity index (χ0n) is 19.0. The number of ether oxygens (including phenoxy) is 2. The van der Waals surface area contributed by atoms with Crippen LogP contribution in [0.2, 0.25) is 0 Å². The Kier molecular flexibility index (Phi) is 10.3. The molecular weight excluding hydrogens is 380 g/mol. The molecule has 1 fully saturated rings. The number of hydrogen-bond acceptors (Lipinski definition) is 4. The minimum atomic E-state index is 0.191. The minimum Gasteiger partial charge on any atom is -0.493 e. The standard InChI is InChI=1S/C23H38N4O3/c1-5-24-23(26-15-14-25-22(28)19-9-7-6-8-10-19)27(2)16-13-18-11-12-20(29-3)21(17-18)30-4/h11-12,17,19H,5-10,13-16H2,1-4H3,(H,24,26)(H,25,28). The number of likely N-dealkylation sites (N-methyl/N-ethyl adjacent to an activating group) is 1. The molecule has 1 aromatic carbocycles. The molecule has 0 aliphatic heterocycles. The summed E-state index contributed by atoms with van der Waals surface area (Å²) in [6.07, 6.45) is 6.51. The Morgan fingerprint density at radius 3 is 2.53 bits per heavy atom. The van der Waals surface area contributed by atoms with Gasteiger partial charge in [-0.2, -0.15) is 0 Å². The highest BCUT2D eigenvalue weighted by molar-refractivity contribution is 5.80. The molecule has 0 radical (unpaired) electrons. The van der Waals surface area contributed by atoms with Crippen LogP contribution in [0.3, 0.4) is 0 Å². The van der Waals surface area contributed by atoms with Crippen molar-refractivity contribution in [2.24, 2.45) is 10.9 Å². The molecule has 1 aliphatic carbocycles. The average molecular weight is 419 g/mol. The van der Waals surface area contributed by atoms with E-state index in [2.05, 4.69) is 33.5 Å². The van der Waals surface area contributed by atoms with Gasteiger partial charge in [0, 0.05) is 32.6 Å². The van der Waals surface area contributed by atoms with Crippen molar-refractivity contribution in [3.8, 4) is 11.5 Å². The Morgan fingerprint density at radius 2 is 1.87 bits per heavy atom. The fourth-order valence-electron chi connectivity index (χ4n) is 3.76. The van der Waals surface area contributed by atoms with Gasteiger partial charge < -0.3 is 25.0 Å². The summed E-state index contributed by atoms with van der Waals surface area (Å²) in [6, 6.07) is 6.00. The monoisotopic (exact) mass is 418 g/mol. The number of rotatable bonds is 10. The SMILES string of the molecule is CCNC(=NCCNC(=O)C1CCCCC1)N(C)CCc1ccc(OC)c(OC)c1.